The van der Waals surface area contributed by atoms with Crippen molar-refractivity contribution in [2.45, 2.75) is 57.3 Å². The molecule has 3 fully saturated rings. The third-order valence-corrected chi connectivity index (χ3v) is 8.67. The van der Waals surface area contributed by atoms with Crippen LogP contribution in [0.2, 0.25) is 0 Å². The van der Waals surface area contributed by atoms with Gasteiger partial charge in [0, 0.05) is 37.8 Å². The first-order valence-corrected chi connectivity index (χ1v) is 15.0. The van der Waals surface area contributed by atoms with Gasteiger partial charge in [-0.15, -0.1) is 0 Å². The molecule has 2 aliphatic heterocycles. The second-order valence-corrected chi connectivity index (χ2v) is 12.1. The molecule has 0 spiro atoms. The number of aliphatic hydroxyl groups is 1. The van der Waals surface area contributed by atoms with E-state index in [1.165, 1.54) is 30.2 Å². The number of carbonyl (C=O) groups excluding carboxylic acids is 2. The Morgan fingerprint density at radius 2 is 1.83 bits per heavy atom. The van der Waals surface area contributed by atoms with Crippen molar-refractivity contribution in [2.24, 2.45) is 0 Å². The molecule has 2 saturated heterocycles. The number of piperidine rings is 1. The Labute approximate surface area is 261 Å². The van der Waals surface area contributed by atoms with Crippen LogP contribution in [0.4, 0.5) is 25.1 Å². The van der Waals surface area contributed by atoms with E-state index in [0.29, 0.717) is 11.3 Å². The lowest BCUT2D eigenvalue weighted by Gasteiger charge is -2.37. The van der Waals surface area contributed by atoms with Gasteiger partial charge in [-0.25, -0.2) is 23.4 Å². The molecule has 0 radical (unpaired) electrons. The normalized spacial score (nSPS) is 19.8. The molecule has 4 heterocycles. The number of carbonyl (C=O) groups is 3. The molecule has 3 aromatic rings. The number of allylic oxidation sites excluding steroid dienone is 1. The van der Waals surface area contributed by atoms with Gasteiger partial charge < -0.3 is 29.7 Å². The number of nitrogens with zero attached hydrogens (tertiary/aromatic N) is 4. The number of aromatic nitrogens is 2. The first kappa shape index (κ1) is 31.1. The van der Waals surface area contributed by atoms with Crippen molar-refractivity contribution >= 4 is 46.1 Å². The van der Waals surface area contributed by atoms with Gasteiger partial charge in [0.25, 0.3) is 0 Å². The summed E-state index contributed by atoms with van der Waals surface area (Å²) < 4.78 is 37.5. The summed E-state index contributed by atoms with van der Waals surface area (Å²) in [6, 6.07) is 5.34. The van der Waals surface area contributed by atoms with Crippen LogP contribution in [0.25, 0.3) is 16.6 Å². The highest BCUT2D eigenvalue weighted by atomic mass is 19.1. The molecular formula is C32H33F2N5O7. The van der Waals surface area contributed by atoms with Crippen molar-refractivity contribution in [3.05, 3.63) is 69.5 Å². The predicted molar refractivity (Wildman–Crippen MR) is 164 cm³/mol. The number of ether oxygens (including phenoxy) is 1. The third-order valence-electron chi connectivity index (χ3n) is 8.67. The fraction of sp³-hybridized carbons (Fsp3) is 0.406. The van der Waals surface area contributed by atoms with Gasteiger partial charge in [-0.05, 0) is 68.5 Å². The first-order chi connectivity index (χ1) is 21.8. The minimum Gasteiger partial charge on any atom is -0.477 e. The molecule has 3 aliphatic rings. The molecule has 3 N–H and O–H groups in total. The molecule has 14 heteroatoms. The SMILES string of the molecule is CC(=O)NC[C@H]1CN(c2ccc(/C(C)=C/C3(O)CCN(c4nc5c(cc4F)c(=O)c(C(=O)O)cn5C4CC4)CC3)c(F)c2)C(=O)O1. The number of anilines is 2. The van der Waals surface area contributed by atoms with E-state index in [1.807, 2.05) is 0 Å². The van der Waals surface area contributed by atoms with E-state index >= 15 is 8.78 Å². The maximum Gasteiger partial charge on any atom is 0.414 e. The molecule has 0 unspecified atom stereocenters. The Kier molecular flexibility index (Phi) is 8.00. The van der Waals surface area contributed by atoms with Crippen LogP contribution in [0.1, 0.15) is 61.5 Å². The van der Waals surface area contributed by atoms with E-state index < -0.39 is 46.4 Å². The number of amides is 2. The van der Waals surface area contributed by atoms with Crippen LogP contribution in [0.3, 0.4) is 0 Å². The number of rotatable bonds is 8. The smallest absolute Gasteiger partial charge is 0.414 e. The maximum absolute atomic E-state index is 15.3. The van der Waals surface area contributed by atoms with Crippen LogP contribution in [-0.4, -0.2) is 75.6 Å². The number of halogens is 2. The minimum atomic E-state index is -1.38. The van der Waals surface area contributed by atoms with Gasteiger partial charge in [0.15, 0.2) is 11.6 Å². The highest BCUT2D eigenvalue weighted by Gasteiger charge is 2.35. The van der Waals surface area contributed by atoms with Gasteiger partial charge in [0.05, 0.1) is 29.8 Å². The van der Waals surface area contributed by atoms with Gasteiger partial charge in [-0.1, -0.05) is 0 Å². The number of benzene rings is 1. The summed E-state index contributed by atoms with van der Waals surface area (Å²) in [6.07, 6.45) is 3.61. The molecule has 1 aliphatic carbocycles. The molecule has 2 amide bonds. The molecule has 2 aromatic heterocycles. The average molecular weight is 638 g/mol. The van der Waals surface area contributed by atoms with Crippen LogP contribution in [0, 0.1) is 11.6 Å². The molecular weight excluding hydrogens is 604 g/mol. The highest BCUT2D eigenvalue weighted by molar-refractivity contribution is 5.92. The van der Waals surface area contributed by atoms with Crippen LogP contribution in [0.5, 0.6) is 0 Å². The van der Waals surface area contributed by atoms with Crippen molar-refractivity contribution in [1.82, 2.24) is 14.9 Å². The molecule has 1 aromatic carbocycles. The number of fused-ring (bicyclic) bond motifs is 1. The Hall–Kier alpha value is -4.85. The number of carboxylic acids is 1. The van der Waals surface area contributed by atoms with E-state index in [9.17, 15) is 29.4 Å². The molecule has 242 valence electrons. The van der Waals surface area contributed by atoms with Crippen molar-refractivity contribution in [3.63, 3.8) is 0 Å². The van der Waals surface area contributed by atoms with Crippen LogP contribution < -0.4 is 20.5 Å². The van der Waals surface area contributed by atoms with E-state index in [0.717, 1.165) is 18.9 Å². The zero-order valence-electron chi connectivity index (χ0n) is 25.3. The Balaban J connectivity index is 1.17. The number of aromatic carboxylic acids is 1. The third kappa shape index (κ3) is 6.04. The monoisotopic (exact) mass is 637 g/mol. The van der Waals surface area contributed by atoms with Crippen LogP contribution in [0.15, 0.2) is 41.3 Å². The summed E-state index contributed by atoms with van der Waals surface area (Å²) in [6.45, 7) is 3.76. The lowest BCUT2D eigenvalue weighted by atomic mass is 9.88. The fourth-order valence-corrected chi connectivity index (χ4v) is 6.06. The second kappa shape index (κ2) is 11.8. The van der Waals surface area contributed by atoms with E-state index in [2.05, 4.69) is 10.3 Å². The van der Waals surface area contributed by atoms with Crippen LogP contribution in [-0.2, 0) is 9.53 Å². The lowest BCUT2D eigenvalue weighted by molar-refractivity contribution is -0.119. The Bertz CT molecular complexity index is 1850. The zero-order chi connectivity index (χ0) is 32.9. The lowest BCUT2D eigenvalue weighted by Crippen LogP contribution is -2.44. The second-order valence-electron chi connectivity index (χ2n) is 12.1. The molecule has 46 heavy (non-hydrogen) atoms. The molecule has 0 bridgehead atoms. The van der Waals surface area contributed by atoms with Crippen molar-refractivity contribution in [1.29, 1.82) is 0 Å². The number of hydrogen-bond acceptors (Lipinski definition) is 8. The number of pyridine rings is 2. The molecule has 12 nitrogen and oxygen atoms in total. The van der Waals surface area contributed by atoms with Gasteiger partial charge in [-0.2, -0.15) is 0 Å². The average Bonchev–Trinajstić information content (AvgIpc) is 3.77. The van der Waals surface area contributed by atoms with E-state index in [1.54, 1.807) is 28.5 Å². The molecule has 6 rings (SSSR count). The summed E-state index contributed by atoms with van der Waals surface area (Å²) in [5.41, 5.74) is -1.31. The summed E-state index contributed by atoms with van der Waals surface area (Å²) in [5.74, 6) is -2.99. The topological polar surface area (TPSA) is 154 Å². The van der Waals surface area contributed by atoms with Crippen LogP contribution >= 0.6 is 0 Å². The Morgan fingerprint density at radius 1 is 1.11 bits per heavy atom. The highest BCUT2D eigenvalue weighted by Crippen LogP contribution is 2.38. The standard InChI is InChI=1S/C32H33F2N5O7/c1-17(22-6-5-20(11-25(22)33)39-15-21(46-31(39)44)14-35-18(2)40)13-32(45)7-9-37(10-8-32)29-26(34)12-23-27(41)24(30(42)43)16-38(19-3-4-19)28(23)36-29/h5-6,11-13,16,19,21,45H,3-4,7-10,14-15H2,1-2H3,(H,35,40)(H,42,43)/b17-13+/t21-/m0/s1. The summed E-state index contributed by atoms with van der Waals surface area (Å²) >= 11 is 0. The maximum atomic E-state index is 15.3. The van der Waals surface area contributed by atoms with Gasteiger partial charge >= 0.3 is 12.1 Å². The number of hydrogen-bond donors (Lipinski definition) is 3. The van der Waals surface area contributed by atoms with E-state index in [-0.39, 0.29) is 73.4 Å². The first-order valence-electron chi connectivity index (χ1n) is 15.0. The van der Waals surface area contributed by atoms with E-state index in [4.69, 9.17) is 4.74 Å². The molecule has 1 saturated carbocycles. The fourth-order valence-electron chi connectivity index (χ4n) is 6.06. The summed E-state index contributed by atoms with van der Waals surface area (Å²) in [4.78, 5) is 55.3. The Morgan fingerprint density at radius 3 is 2.46 bits per heavy atom. The zero-order valence-corrected chi connectivity index (χ0v) is 25.3. The summed E-state index contributed by atoms with van der Waals surface area (Å²) in [5, 5.41) is 23.3. The number of cyclic esters (lactones) is 1. The summed E-state index contributed by atoms with van der Waals surface area (Å²) in [7, 11) is 0. The largest absolute Gasteiger partial charge is 0.477 e. The van der Waals surface area contributed by atoms with Gasteiger partial charge in [0.2, 0.25) is 11.3 Å². The van der Waals surface area contributed by atoms with Gasteiger partial charge in [-0.3, -0.25) is 14.5 Å². The minimum absolute atomic E-state index is 0.00788. The molecule has 1 atom stereocenters. The predicted octanol–water partition coefficient (Wildman–Crippen LogP) is 3.60. The number of carboxylic acid groups (broad SMARTS) is 1. The van der Waals surface area contributed by atoms with Crippen molar-refractivity contribution in [2.75, 3.05) is 36.0 Å². The van der Waals surface area contributed by atoms with Gasteiger partial charge in [0.1, 0.15) is 23.1 Å². The quantitative estimate of drug-likeness (QED) is 0.336. The van der Waals surface area contributed by atoms with Crippen molar-refractivity contribution < 1.29 is 38.1 Å². The van der Waals surface area contributed by atoms with Crippen molar-refractivity contribution in [3.8, 4) is 0 Å². The number of nitrogens with one attached hydrogen (secondary N) is 1.